The fourth-order valence-corrected chi connectivity index (χ4v) is 2.71. The molecule has 0 atom stereocenters. The van der Waals surface area contributed by atoms with E-state index < -0.39 is 0 Å². The van der Waals surface area contributed by atoms with E-state index in [0.717, 1.165) is 5.56 Å². The topological polar surface area (TPSA) is 85.8 Å². The third-order valence-corrected chi connectivity index (χ3v) is 4.23. The molecule has 0 fully saturated rings. The van der Waals surface area contributed by atoms with Crippen molar-refractivity contribution in [2.24, 2.45) is 0 Å². The van der Waals surface area contributed by atoms with E-state index in [0.29, 0.717) is 34.7 Å². The lowest BCUT2D eigenvalue weighted by atomic mass is 10.2. The van der Waals surface area contributed by atoms with Crippen molar-refractivity contribution in [3.8, 4) is 11.6 Å². The van der Waals surface area contributed by atoms with E-state index in [1.54, 1.807) is 42.7 Å². The van der Waals surface area contributed by atoms with Gasteiger partial charge in [0.2, 0.25) is 11.8 Å². The van der Waals surface area contributed by atoms with Crippen molar-refractivity contribution in [1.82, 2.24) is 19.7 Å². The number of nitrogens with zero attached hydrogens (tertiary/aromatic N) is 4. The van der Waals surface area contributed by atoms with Crippen molar-refractivity contribution in [3.05, 3.63) is 83.3 Å². The molecule has 0 bridgehead atoms. The summed E-state index contributed by atoms with van der Waals surface area (Å²) in [7, 11) is 0. The van der Waals surface area contributed by atoms with Crippen molar-refractivity contribution in [2.75, 3.05) is 5.32 Å². The second-order valence-electron chi connectivity index (χ2n) is 5.63. The number of rotatable bonds is 5. The number of pyridine rings is 1. The minimum Gasteiger partial charge on any atom is -0.461 e. The Morgan fingerprint density at radius 3 is 2.67 bits per heavy atom. The van der Waals surface area contributed by atoms with Gasteiger partial charge in [-0.2, -0.15) is 9.67 Å². The van der Waals surface area contributed by atoms with Crippen LogP contribution in [0.3, 0.4) is 0 Å². The highest BCUT2D eigenvalue weighted by Gasteiger charge is 2.20. The van der Waals surface area contributed by atoms with Gasteiger partial charge in [0, 0.05) is 29.5 Å². The van der Waals surface area contributed by atoms with Crippen LogP contribution in [0, 0.1) is 0 Å². The fraction of sp³-hybridized carbons (Fsp3) is 0.0526. The highest BCUT2D eigenvalue weighted by Crippen LogP contribution is 2.21. The first kappa shape index (κ1) is 17.0. The van der Waals surface area contributed by atoms with Crippen LogP contribution < -0.4 is 5.32 Å². The normalized spacial score (nSPS) is 10.7. The van der Waals surface area contributed by atoms with E-state index in [-0.39, 0.29) is 5.91 Å². The summed E-state index contributed by atoms with van der Waals surface area (Å²) in [4.78, 5) is 21.2. The molecule has 7 nitrogen and oxygen atoms in total. The lowest BCUT2D eigenvalue weighted by Gasteiger charge is -2.08. The summed E-state index contributed by atoms with van der Waals surface area (Å²) in [6.45, 7) is 0.388. The number of nitrogens with one attached hydrogen (secondary N) is 1. The molecule has 0 radical (unpaired) electrons. The molecule has 0 aliphatic heterocycles. The first-order chi connectivity index (χ1) is 13.2. The van der Waals surface area contributed by atoms with Crippen molar-refractivity contribution >= 4 is 23.5 Å². The molecule has 134 valence electrons. The molecule has 4 rings (SSSR count). The summed E-state index contributed by atoms with van der Waals surface area (Å²) in [6.07, 6.45) is 4.63. The van der Waals surface area contributed by atoms with E-state index in [1.807, 2.05) is 18.2 Å². The van der Waals surface area contributed by atoms with Crippen LogP contribution >= 0.6 is 11.6 Å². The van der Waals surface area contributed by atoms with E-state index >= 15 is 0 Å². The van der Waals surface area contributed by atoms with Gasteiger partial charge in [-0.3, -0.25) is 9.78 Å². The van der Waals surface area contributed by atoms with Gasteiger partial charge in [-0.25, -0.2) is 0 Å². The fourth-order valence-electron chi connectivity index (χ4n) is 2.51. The SMILES string of the molecule is O=C(c1ccncc1)n1nc(-c2ccco2)nc1NCc1ccccc1Cl. The minimum absolute atomic E-state index is 0.295. The maximum absolute atomic E-state index is 12.9. The third-order valence-electron chi connectivity index (χ3n) is 3.86. The number of aromatic nitrogens is 4. The second kappa shape index (κ2) is 7.43. The van der Waals surface area contributed by atoms with Gasteiger partial charge in [-0.05, 0) is 35.9 Å². The number of carbonyl (C=O) groups is 1. The maximum Gasteiger partial charge on any atom is 0.281 e. The molecule has 0 saturated heterocycles. The molecule has 0 unspecified atom stereocenters. The lowest BCUT2D eigenvalue weighted by Crippen LogP contribution is -2.17. The van der Waals surface area contributed by atoms with Crippen LogP contribution in [0.1, 0.15) is 15.9 Å². The Hall–Kier alpha value is -3.45. The van der Waals surface area contributed by atoms with Crippen LogP contribution in [0.15, 0.2) is 71.6 Å². The van der Waals surface area contributed by atoms with Gasteiger partial charge in [0.05, 0.1) is 6.26 Å². The zero-order valence-corrected chi connectivity index (χ0v) is 14.8. The molecule has 3 aromatic heterocycles. The predicted octanol–water partition coefficient (Wildman–Crippen LogP) is 3.89. The molecule has 0 saturated carbocycles. The number of halogens is 1. The smallest absolute Gasteiger partial charge is 0.281 e. The van der Waals surface area contributed by atoms with Crippen molar-refractivity contribution in [3.63, 3.8) is 0 Å². The Bertz CT molecular complexity index is 1060. The molecule has 3 heterocycles. The van der Waals surface area contributed by atoms with Gasteiger partial charge in [-0.15, -0.1) is 5.10 Å². The quantitative estimate of drug-likeness (QED) is 0.566. The minimum atomic E-state index is -0.329. The second-order valence-corrected chi connectivity index (χ2v) is 6.04. The summed E-state index contributed by atoms with van der Waals surface area (Å²) >= 11 is 6.20. The van der Waals surface area contributed by atoms with Crippen LogP contribution in [-0.4, -0.2) is 25.7 Å². The predicted molar refractivity (Wildman–Crippen MR) is 100 cm³/mol. The molecule has 0 aliphatic carbocycles. The molecule has 1 aromatic carbocycles. The Labute approximate surface area is 159 Å². The van der Waals surface area contributed by atoms with E-state index in [4.69, 9.17) is 16.0 Å². The third kappa shape index (κ3) is 3.58. The number of hydrogen-bond donors (Lipinski definition) is 1. The highest BCUT2D eigenvalue weighted by molar-refractivity contribution is 6.31. The van der Waals surface area contributed by atoms with Gasteiger partial charge < -0.3 is 9.73 Å². The van der Waals surface area contributed by atoms with Crippen molar-refractivity contribution in [2.45, 2.75) is 6.54 Å². The molecular formula is C19H14ClN5O2. The monoisotopic (exact) mass is 379 g/mol. The maximum atomic E-state index is 12.9. The average Bonchev–Trinajstić information content (AvgIpc) is 3.37. The van der Waals surface area contributed by atoms with Gasteiger partial charge in [0.1, 0.15) is 0 Å². The van der Waals surface area contributed by atoms with Crippen molar-refractivity contribution in [1.29, 1.82) is 0 Å². The van der Waals surface area contributed by atoms with Gasteiger partial charge in [-0.1, -0.05) is 29.8 Å². The zero-order chi connectivity index (χ0) is 18.6. The lowest BCUT2D eigenvalue weighted by molar-refractivity contribution is 0.0947. The van der Waals surface area contributed by atoms with Crippen LogP contribution in [0.25, 0.3) is 11.6 Å². The number of benzene rings is 1. The zero-order valence-electron chi connectivity index (χ0n) is 14.0. The van der Waals surface area contributed by atoms with Gasteiger partial charge in [0.15, 0.2) is 5.76 Å². The molecule has 4 aromatic rings. The summed E-state index contributed by atoms with van der Waals surface area (Å²) < 4.78 is 6.56. The summed E-state index contributed by atoms with van der Waals surface area (Å²) in [5.74, 6) is 0.744. The molecule has 0 aliphatic rings. The van der Waals surface area contributed by atoms with Crippen LogP contribution in [0.4, 0.5) is 5.95 Å². The molecule has 0 amide bonds. The Morgan fingerprint density at radius 2 is 1.93 bits per heavy atom. The number of carbonyl (C=O) groups excluding carboxylic acids is 1. The largest absolute Gasteiger partial charge is 0.461 e. The molecule has 0 spiro atoms. The first-order valence-electron chi connectivity index (χ1n) is 8.15. The Kier molecular flexibility index (Phi) is 4.67. The van der Waals surface area contributed by atoms with E-state index in [2.05, 4.69) is 20.4 Å². The summed E-state index contributed by atoms with van der Waals surface area (Å²) in [5.41, 5.74) is 1.33. The van der Waals surface area contributed by atoms with Crippen molar-refractivity contribution < 1.29 is 9.21 Å². The summed E-state index contributed by atoms with van der Waals surface area (Å²) in [6, 6.07) is 14.2. The average molecular weight is 380 g/mol. The number of hydrogen-bond acceptors (Lipinski definition) is 6. The summed E-state index contributed by atoms with van der Waals surface area (Å²) in [5, 5.41) is 8.07. The number of furan rings is 1. The standard InChI is InChI=1S/C19H14ClN5O2/c20-15-5-2-1-4-14(15)12-22-19-23-17(16-6-3-11-27-16)24-25(19)18(26)13-7-9-21-10-8-13/h1-11H,12H2,(H,22,23,24). The van der Waals surface area contributed by atoms with Gasteiger partial charge in [0.25, 0.3) is 5.91 Å². The highest BCUT2D eigenvalue weighted by atomic mass is 35.5. The number of anilines is 1. The van der Waals surface area contributed by atoms with Crippen LogP contribution in [0.2, 0.25) is 5.02 Å². The molecular weight excluding hydrogens is 366 g/mol. The molecule has 8 heteroatoms. The van der Waals surface area contributed by atoms with Crippen LogP contribution in [0.5, 0.6) is 0 Å². The first-order valence-corrected chi connectivity index (χ1v) is 8.53. The Balaban J connectivity index is 1.68. The van der Waals surface area contributed by atoms with Crippen LogP contribution in [-0.2, 0) is 6.54 Å². The molecule has 27 heavy (non-hydrogen) atoms. The van der Waals surface area contributed by atoms with E-state index in [1.165, 1.54) is 10.9 Å². The Morgan fingerprint density at radius 1 is 1.11 bits per heavy atom. The van der Waals surface area contributed by atoms with E-state index in [9.17, 15) is 4.79 Å². The van der Waals surface area contributed by atoms with Gasteiger partial charge >= 0.3 is 0 Å². The molecule has 1 N–H and O–H groups in total.